The molecule has 0 aliphatic carbocycles. The van der Waals surface area contributed by atoms with Gasteiger partial charge in [0.25, 0.3) is 0 Å². The van der Waals surface area contributed by atoms with Crippen LogP contribution in [0.2, 0.25) is 0 Å². The van der Waals surface area contributed by atoms with Crippen molar-refractivity contribution in [2.45, 2.75) is 24.8 Å². The first-order valence-electron chi connectivity index (χ1n) is 8.31. The lowest BCUT2D eigenvalue weighted by molar-refractivity contribution is 0.0469. The van der Waals surface area contributed by atoms with Gasteiger partial charge in [-0.25, -0.2) is 22.5 Å². The van der Waals surface area contributed by atoms with Crippen LogP contribution in [-0.2, 0) is 27.8 Å². The summed E-state index contributed by atoms with van der Waals surface area (Å²) in [7, 11) is -0.869. The highest BCUT2D eigenvalue weighted by atomic mass is 32.2. The number of esters is 1. The number of carbonyl (C=O) groups is 1. The maximum atomic E-state index is 12.6. The second kappa shape index (κ2) is 9.27. The molecule has 0 aliphatic heterocycles. The molecule has 0 atom stereocenters. The topological polar surface area (TPSA) is 109 Å². The molecule has 1 aromatic heterocycles. The lowest BCUT2D eigenvalue weighted by Gasteiger charge is -2.15. The van der Waals surface area contributed by atoms with E-state index in [-0.39, 0.29) is 30.2 Å². The van der Waals surface area contributed by atoms with E-state index in [4.69, 9.17) is 9.84 Å². The fourth-order valence-corrected chi connectivity index (χ4v) is 3.86. The number of sulfonamides is 1. The quantitative estimate of drug-likeness (QED) is 0.603. The molecule has 0 unspecified atom stereocenters. The number of anilines is 1. The molecule has 2 rings (SSSR count). The van der Waals surface area contributed by atoms with Crippen LogP contribution in [0.4, 0.5) is 5.69 Å². The minimum Gasteiger partial charge on any atom is -0.455 e. The molecule has 1 heterocycles. The zero-order chi connectivity index (χ0) is 20.0. The number of carbonyl (C=O) groups excluding carboxylic acids is 1. The standard InChI is InChI=1S/C17H23N3O5S2/c1-4-16-19-12(11-26-16)10-25-17(22)14-9-13(27(23,24)20(2)3)5-6-15(14)18-7-8-21/h5-6,9,11,18,21H,4,7-8,10H2,1-3H3. The maximum Gasteiger partial charge on any atom is 0.340 e. The van der Waals surface area contributed by atoms with E-state index >= 15 is 0 Å². The summed E-state index contributed by atoms with van der Waals surface area (Å²) in [6, 6.07) is 4.16. The van der Waals surface area contributed by atoms with E-state index in [2.05, 4.69) is 10.3 Å². The average Bonchev–Trinajstić information content (AvgIpc) is 3.12. The van der Waals surface area contributed by atoms with Crippen LogP contribution < -0.4 is 5.32 Å². The first-order chi connectivity index (χ1) is 12.8. The van der Waals surface area contributed by atoms with Gasteiger partial charge in [0.1, 0.15) is 6.61 Å². The molecule has 10 heteroatoms. The summed E-state index contributed by atoms with van der Waals surface area (Å²) >= 11 is 1.49. The van der Waals surface area contributed by atoms with Gasteiger partial charge in [-0.05, 0) is 24.6 Å². The summed E-state index contributed by atoms with van der Waals surface area (Å²) in [5.41, 5.74) is 1.11. The second-order valence-electron chi connectivity index (χ2n) is 5.81. The molecule has 0 fully saturated rings. The first kappa shape index (κ1) is 21.3. The van der Waals surface area contributed by atoms with E-state index in [1.807, 2.05) is 12.3 Å². The van der Waals surface area contributed by atoms with Gasteiger partial charge < -0.3 is 15.2 Å². The van der Waals surface area contributed by atoms with Gasteiger partial charge in [-0.2, -0.15) is 0 Å². The third-order valence-electron chi connectivity index (χ3n) is 3.67. The van der Waals surface area contributed by atoms with Crippen LogP contribution in [0.15, 0.2) is 28.5 Å². The van der Waals surface area contributed by atoms with Crippen LogP contribution in [0, 0.1) is 0 Å². The van der Waals surface area contributed by atoms with Crippen LogP contribution in [0.1, 0.15) is 28.0 Å². The number of hydrogen-bond donors (Lipinski definition) is 2. The lowest BCUT2D eigenvalue weighted by atomic mass is 10.2. The van der Waals surface area contributed by atoms with Crippen molar-refractivity contribution in [3.05, 3.63) is 39.8 Å². The Hall–Kier alpha value is -2.01. The fraction of sp³-hybridized carbons (Fsp3) is 0.412. The summed E-state index contributed by atoms with van der Waals surface area (Å²) in [6.45, 7) is 2.07. The van der Waals surface area contributed by atoms with Gasteiger partial charge in [0.05, 0.1) is 27.8 Å². The third kappa shape index (κ3) is 5.25. The number of aliphatic hydroxyl groups is 1. The molecule has 148 valence electrons. The number of rotatable bonds is 9. The van der Waals surface area contributed by atoms with Crippen LogP contribution >= 0.6 is 11.3 Å². The molecule has 0 amide bonds. The SMILES string of the molecule is CCc1nc(COC(=O)c2cc(S(=O)(=O)N(C)C)ccc2NCCO)cs1. The van der Waals surface area contributed by atoms with Crippen LogP contribution in [0.25, 0.3) is 0 Å². The Labute approximate surface area is 162 Å². The Morgan fingerprint density at radius 1 is 1.37 bits per heavy atom. The van der Waals surface area contributed by atoms with Gasteiger partial charge in [-0.15, -0.1) is 11.3 Å². The molecule has 0 bridgehead atoms. The minimum atomic E-state index is -3.70. The van der Waals surface area contributed by atoms with E-state index in [0.717, 1.165) is 15.7 Å². The van der Waals surface area contributed by atoms with Gasteiger partial charge in [-0.3, -0.25) is 0 Å². The molecule has 2 aromatic rings. The number of ether oxygens (including phenoxy) is 1. The molecule has 0 aliphatic rings. The summed E-state index contributed by atoms with van der Waals surface area (Å²) in [6.07, 6.45) is 0.804. The number of nitrogens with one attached hydrogen (secondary N) is 1. The molecule has 0 spiro atoms. The van der Waals surface area contributed by atoms with Crippen molar-refractivity contribution in [1.29, 1.82) is 0 Å². The molecule has 8 nitrogen and oxygen atoms in total. The second-order valence-corrected chi connectivity index (χ2v) is 8.90. The van der Waals surface area contributed by atoms with Crippen LogP contribution in [-0.4, -0.2) is 56.0 Å². The van der Waals surface area contributed by atoms with Crippen molar-refractivity contribution < 1.29 is 23.1 Å². The predicted molar refractivity (Wildman–Crippen MR) is 104 cm³/mol. The number of aryl methyl sites for hydroxylation is 1. The first-order valence-corrected chi connectivity index (χ1v) is 10.6. The number of aromatic nitrogens is 1. The summed E-state index contributed by atoms with van der Waals surface area (Å²) in [4.78, 5) is 16.9. The summed E-state index contributed by atoms with van der Waals surface area (Å²) < 4.78 is 31.1. The van der Waals surface area contributed by atoms with Crippen molar-refractivity contribution in [1.82, 2.24) is 9.29 Å². The van der Waals surface area contributed by atoms with E-state index in [1.54, 1.807) is 0 Å². The van der Waals surface area contributed by atoms with Crippen LogP contribution in [0.5, 0.6) is 0 Å². The van der Waals surface area contributed by atoms with E-state index in [1.165, 1.54) is 43.6 Å². The van der Waals surface area contributed by atoms with E-state index in [9.17, 15) is 13.2 Å². The maximum absolute atomic E-state index is 12.6. The van der Waals surface area contributed by atoms with Crippen molar-refractivity contribution in [2.24, 2.45) is 0 Å². The highest BCUT2D eigenvalue weighted by Crippen LogP contribution is 2.23. The third-order valence-corrected chi connectivity index (χ3v) is 6.52. The average molecular weight is 414 g/mol. The fourth-order valence-electron chi connectivity index (χ4n) is 2.20. The molecular weight excluding hydrogens is 390 g/mol. The van der Waals surface area contributed by atoms with Gasteiger partial charge in [0.2, 0.25) is 10.0 Å². The summed E-state index contributed by atoms with van der Waals surface area (Å²) in [5, 5.41) is 14.7. The summed E-state index contributed by atoms with van der Waals surface area (Å²) in [5.74, 6) is -0.669. The van der Waals surface area contributed by atoms with Gasteiger partial charge >= 0.3 is 5.97 Å². The van der Waals surface area contributed by atoms with Crippen LogP contribution in [0.3, 0.4) is 0 Å². The molecule has 0 saturated heterocycles. The number of aliphatic hydroxyl groups excluding tert-OH is 1. The Kier molecular flexibility index (Phi) is 7.31. The van der Waals surface area contributed by atoms with Crippen molar-refractivity contribution in [3.8, 4) is 0 Å². The zero-order valence-corrected chi connectivity index (χ0v) is 17.1. The minimum absolute atomic E-state index is 0.000564. The van der Waals surface area contributed by atoms with Crippen molar-refractivity contribution in [3.63, 3.8) is 0 Å². The number of benzene rings is 1. The van der Waals surface area contributed by atoms with Crippen molar-refractivity contribution in [2.75, 3.05) is 32.6 Å². The largest absolute Gasteiger partial charge is 0.455 e. The van der Waals surface area contributed by atoms with E-state index in [0.29, 0.717) is 11.4 Å². The highest BCUT2D eigenvalue weighted by molar-refractivity contribution is 7.89. The van der Waals surface area contributed by atoms with Gasteiger partial charge in [-0.1, -0.05) is 6.92 Å². The highest BCUT2D eigenvalue weighted by Gasteiger charge is 2.22. The molecular formula is C17H23N3O5S2. The molecule has 1 aromatic carbocycles. The lowest BCUT2D eigenvalue weighted by Crippen LogP contribution is -2.23. The van der Waals surface area contributed by atoms with Crippen molar-refractivity contribution >= 4 is 33.0 Å². The molecule has 0 saturated carbocycles. The molecule has 2 N–H and O–H groups in total. The number of hydrogen-bond acceptors (Lipinski definition) is 8. The Bertz CT molecular complexity index is 894. The predicted octanol–water partition coefficient (Wildman–Crippen LogP) is 1.72. The number of nitrogens with zero attached hydrogens (tertiary/aromatic N) is 2. The van der Waals surface area contributed by atoms with E-state index < -0.39 is 16.0 Å². The van der Waals surface area contributed by atoms with Gasteiger partial charge in [0.15, 0.2) is 0 Å². The van der Waals surface area contributed by atoms with Gasteiger partial charge in [0, 0.05) is 31.7 Å². The Balaban J connectivity index is 2.28. The smallest absolute Gasteiger partial charge is 0.340 e. The molecule has 0 radical (unpaired) electrons. The molecule has 27 heavy (non-hydrogen) atoms. The monoisotopic (exact) mass is 413 g/mol. The zero-order valence-electron chi connectivity index (χ0n) is 15.4. The normalized spacial score (nSPS) is 11.6. The Morgan fingerprint density at radius 2 is 2.11 bits per heavy atom. The number of thiazole rings is 1. The Morgan fingerprint density at radius 3 is 2.70 bits per heavy atom.